The molecule has 0 aliphatic carbocycles. The molecule has 0 bridgehead atoms. The average molecular weight is 571 g/mol. The van der Waals surface area contributed by atoms with Gasteiger partial charge in [-0.1, -0.05) is 20.8 Å². The maximum Gasteiger partial charge on any atom is 0.407 e. The van der Waals surface area contributed by atoms with Gasteiger partial charge in [0.05, 0.1) is 38.1 Å². The van der Waals surface area contributed by atoms with Gasteiger partial charge in [-0.05, 0) is 43.0 Å². The molecule has 0 radical (unpaired) electrons. The standard InChI is InChI=1S/C30H39FN4O6/c1-7-40-23-15-19-16-35(28(32)24(19)25(31)27(23)41-8-2)17-22(36)18-13-20(30(3,4)5)26(39-6)21(14-18)33-9-11-34(12-10-33)29(37)38/h13-15,32H,7-12,16-17H2,1-6H3,(H,37,38). The van der Waals surface area contributed by atoms with E-state index in [9.17, 15) is 14.7 Å². The highest BCUT2D eigenvalue weighted by Gasteiger charge is 2.34. The number of carbonyl (C=O) groups excluding carboxylic acids is 1. The first-order chi connectivity index (χ1) is 19.4. The number of hydrogen-bond acceptors (Lipinski definition) is 7. The largest absolute Gasteiger partial charge is 0.494 e. The normalized spacial score (nSPS) is 15.2. The van der Waals surface area contributed by atoms with Gasteiger partial charge in [-0.2, -0.15) is 0 Å². The molecule has 2 heterocycles. The molecule has 1 saturated heterocycles. The fourth-order valence-electron chi connectivity index (χ4n) is 5.34. The minimum Gasteiger partial charge on any atom is -0.494 e. The Kier molecular flexibility index (Phi) is 8.65. The molecule has 10 nitrogen and oxygen atoms in total. The first-order valence-corrected chi connectivity index (χ1v) is 13.8. The second kappa shape index (κ2) is 11.8. The zero-order valence-electron chi connectivity index (χ0n) is 24.6. The van der Waals surface area contributed by atoms with E-state index in [1.54, 1.807) is 38.0 Å². The summed E-state index contributed by atoms with van der Waals surface area (Å²) in [6.07, 6.45) is -0.955. The van der Waals surface area contributed by atoms with Crippen LogP contribution in [0.1, 0.15) is 61.7 Å². The van der Waals surface area contributed by atoms with Crippen LogP contribution in [-0.4, -0.2) is 85.7 Å². The topological polar surface area (TPSA) is 116 Å². The molecule has 2 aliphatic rings. The number of nitrogens with zero attached hydrogens (tertiary/aromatic N) is 3. The summed E-state index contributed by atoms with van der Waals surface area (Å²) in [5.41, 5.74) is 2.34. The lowest BCUT2D eigenvalue weighted by Crippen LogP contribution is -2.48. The van der Waals surface area contributed by atoms with Crippen molar-refractivity contribution in [2.45, 2.75) is 46.6 Å². The molecular weight excluding hydrogens is 531 g/mol. The van der Waals surface area contributed by atoms with E-state index in [2.05, 4.69) is 0 Å². The van der Waals surface area contributed by atoms with Crippen LogP contribution in [0.3, 0.4) is 0 Å². The number of benzene rings is 2. The number of rotatable bonds is 9. The van der Waals surface area contributed by atoms with Crippen molar-refractivity contribution in [2.75, 3.05) is 57.9 Å². The lowest BCUT2D eigenvalue weighted by atomic mass is 9.84. The van der Waals surface area contributed by atoms with Crippen LogP contribution in [0.4, 0.5) is 14.9 Å². The van der Waals surface area contributed by atoms with Gasteiger partial charge in [-0.3, -0.25) is 10.2 Å². The first-order valence-electron chi connectivity index (χ1n) is 13.8. The number of hydrogen-bond donors (Lipinski definition) is 2. The number of methoxy groups -OCH3 is 1. The maximum atomic E-state index is 15.5. The van der Waals surface area contributed by atoms with Crippen LogP contribution < -0.4 is 19.1 Å². The zero-order valence-corrected chi connectivity index (χ0v) is 24.6. The number of amides is 1. The van der Waals surface area contributed by atoms with E-state index in [0.29, 0.717) is 49.7 Å². The van der Waals surface area contributed by atoms with E-state index in [4.69, 9.17) is 19.6 Å². The quantitative estimate of drug-likeness (QED) is 0.415. The van der Waals surface area contributed by atoms with Crippen LogP contribution in [0.2, 0.25) is 0 Å². The summed E-state index contributed by atoms with van der Waals surface area (Å²) in [6, 6.07) is 5.29. The Hall–Kier alpha value is -4.02. The molecule has 1 fully saturated rings. The van der Waals surface area contributed by atoms with E-state index in [0.717, 1.165) is 11.3 Å². The van der Waals surface area contributed by atoms with E-state index in [-0.39, 0.29) is 53.8 Å². The molecule has 2 aliphatic heterocycles. The molecule has 41 heavy (non-hydrogen) atoms. The smallest absolute Gasteiger partial charge is 0.407 e. The highest BCUT2D eigenvalue weighted by molar-refractivity contribution is 6.06. The summed E-state index contributed by atoms with van der Waals surface area (Å²) >= 11 is 0. The predicted octanol–water partition coefficient (Wildman–Crippen LogP) is 4.75. The third-order valence-corrected chi connectivity index (χ3v) is 7.40. The lowest BCUT2D eigenvalue weighted by molar-refractivity contribution is 0.0962. The average Bonchev–Trinajstić information content (AvgIpc) is 3.24. The first kappa shape index (κ1) is 30.0. The maximum absolute atomic E-state index is 15.5. The summed E-state index contributed by atoms with van der Waals surface area (Å²) in [5.74, 6) is -0.0584. The molecule has 0 aromatic heterocycles. The summed E-state index contributed by atoms with van der Waals surface area (Å²) in [5, 5.41) is 18.1. The van der Waals surface area contributed by atoms with Crippen LogP contribution in [0.25, 0.3) is 0 Å². The molecule has 11 heteroatoms. The monoisotopic (exact) mass is 570 g/mol. The van der Waals surface area contributed by atoms with Crippen LogP contribution in [-0.2, 0) is 12.0 Å². The number of halogens is 1. The Morgan fingerprint density at radius 3 is 2.24 bits per heavy atom. The van der Waals surface area contributed by atoms with Crippen LogP contribution in [0.15, 0.2) is 18.2 Å². The Labute approximate surface area is 240 Å². The molecule has 0 unspecified atom stereocenters. The van der Waals surface area contributed by atoms with E-state index in [1.807, 2.05) is 31.7 Å². The molecule has 2 N–H and O–H groups in total. The number of anilines is 1. The minimum atomic E-state index is -0.955. The Balaban J connectivity index is 1.65. The van der Waals surface area contributed by atoms with Crippen molar-refractivity contribution >= 4 is 23.4 Å². The van der Waals surface area contributed by atoms with E-state index in [1.165, 1.54) is 4.90 Å². The number of fused-ring (bicyclic) bond motifs is 1. The Morgan fingerprint density at radius 1 is 1.02 bits per heavy atom. The summed E-state index contributed by atoms with van der Waals surface area (Å²) in [4.78, 5) is 30.1. The SMILES string of the molecule is CCOc1cc2c(c(F)c1OCC)C(=N)N(CC(=O)c1cc(N3CCN(C(=O)O)CC3)c(OC)c(C(C)(C)C)c1)C2. The van der Waals surface area contributed by atoms with Crippen molar-refractivity contribution in [3.63, 3.8) is 0 Å². The van der Waals surface area contributed by atoms with Crippen molar-refractivity contribution in [1.29, 1.82) is 5.41 Å². The highest BCUT2D eigenvalue weighted by Crippen LogP contribution is 2.42. The number of nitrogens with one attached hydrogen (secondary N) is 1. The molecule has 2 aromatic carbocycles. The summed E-state index contributed by atoms with van der Waals surface area (Å²) in [7, 11) is 1.59. The van der Waals surface area contributed by atoms with Gasteiger partial charge in [-0.15, -0.1) is 0 Å². The Bertz CT molecular complexity index is 1350. The molecular formula is C30H39FN4O6. The number of amidine groups is 1. The van der Waals surface area contributed by atoms with Gasteiger partial charge >= 0.3 is 6.09 Å². The van der Waals surface area contributed by atoms with Crippen molar-refractivity contribution in [2.24, 2.45) is 0 Å². The van der Waals surface area contributed by atoms with Crippen LogP contribution >= 0.6 is 0 Å². The van der Waals surface area contributed by atoms with Crippen molar-refractivity contribution in [3.05, 3.63) is 46.3 Å². The van der Waals surface area contributed by atoms with Gasteiger partial charge in [0.15, 0.2) is 23.1 Å². The van der Waals surface area contributed by atoms with Crippen molar-refractivity contribution in [1.82, 2.24) is 9.80 Å². The van der Waals surface area contributed by atoms with Gasteiger partial charge in [0.2, 0.25) is 0 Å². The van der Waals surface area contributed by atoms with Gasteiger partial charge in [0.1, 0.15) is 11.6 Å². The summed E-state index contributed by atoms with van der Waals surface area (Å²) < 4.78 is 32.5. The number of carbonyl (C=O) groups is 2. The third-order valence-electron chi connectivity index (χ3n) is 7.40. The number of ether oxygens (including phenoxy) is 3. The highest BCUT2D eigenvalue weighted by atomic mass is 19.1. The minimum absolute atomic E-state index is 0.0244. The van der Waals surface area contributed by atoms with Crippen molar-refractivity contribution < 1.29 is 33.3 Å². The van der Waals surface area contributed by atoms with Crippen LogP contribution in [0, 0.1) is 11.2 Å². The molecule has 0 atom stereocenters. The second-order valence-corrected chi connectivity index (χ2v) is 11.1. The molecule has 222 valence electrons. The van der Waals surface area contributed by atoms with Crippen LogP contribution in [0.5, 0.6) is 17.2 Å². The summed E-state index contributed by atoms with van der Waals surface area (Å²) in [6.45, 7) is 11.9. The number of carboxylic acid groups (broad SMARTS) is 1. The molecule has 4 rings (SSSR count). The fourth-order valence-corrected chi connectivity index (χ4v) is 5.34. The van der Waals surface area contributed by atoms with E-state index >= 15 is 4.39 Å². The van der Waals surface area contributed by atoms with Gasteiger partial charge in [0, 0.05) is 43.9 Å². The third kappa shape index (κ3) is 5.89. The predicted molar refractivity (Wildman–Crippen MR) is 154 cm³/mol. The second-order valence-electron chi connectivity index (χ2n) is 11.1. The number of piperazine rings is 1. The van der Waals surface area contributed by atoms with Gasteiger partial charge in [-0.25, -0.2) is 9.18 Å². The molecule has 1 amide bonds. The van der Waals surface area contributed by atoms with E-state index < -0.39 is 11.9 Å². The van der Waals surface area contributed by atoms with Gasteiger partial charge < -0.3 is 34.0 Å². The number of ketones is 1. The molecule has 0 spiro atoms. The molecule has 2 aromatic rings. The van der Waals surface area contributed by atoms with Gasteiger partial charge in [0.25, 0.3) is 0 Å². The number of Topliss-reactive ketones (excluding diaryl/α,β-unsaturated/α-hetero) is 1. The fraction of sp³-hybridized carbons (Fsp3) is 0.500. The lowest BCUT2D eigenvalue weighted by Gasteiger charge is -2.36. The van der Waals surface area contributed by atoms with Crippen molar-refractivity contribution in [3.8, 4) is 17.2 Å². The Morgan fingerprint density at radius 2 is 1.68 bits per heavy atom. The molecule has 0 saturated carbocycles. The zero-order chi connectivity index (χ0) is 30.1.